The van der Waals surface area contributed by atoms with Crippen LogP contribution in [0.25, 0.3) is 0 Å². The van der Waals surface area contributed by atoms with Crippen LogP contribution in [0.4, 0.5) is 5.69 Å². The van der Waals surface area contributed by atoms with E-state index in [-0.39, 0.29) is 5.54 Å². The fourth-order valence-electron chi connectivity index (χ4n) is 2.55. The first-order valence-corrected chi connectivity index (χ1v) is 7.37. The van der Waals surface area contributed by atoms with E-state index in [2.05, 4.69) is 43.0 Å². The van der Waals surface area contributed by atoms with Gasteiger partial charge in [0.25, 0.3) is 0 Å². The second-order valence-electron chi connectivity index (χ2n) is 5.51. The van der Waals surface area contributed by atoms with Gasteiger partial charge in [0.15, 0.2) is 0 Å². The zero-order chi connectivity index (χ0) is 13.7. The SMILES string of the molecule is CCC(N)(CC)Cc1ccc(N2CCOCC2)cc1. The van der Waals surface area contributed by atoms with Crippen LogP contribution in [0.3, 0.4) is 0 Å². The minimum atomic E-state index is -0.0551. The third-order valence-corrected chi connectivity index (χ3v) is 4.28. The molecule has 1 aliphatic rings. The molecule has 0 radical (unpaired) electrons. The van der Waals surface area contributed by atoms with Gasteiger partial charge in [0.2, 0.25) is 0 Å². The Bertz CT molecular complexity index is 378. The third-order valence-electron chi connectivity index (χ3n) is 4.28. The van der Waals surface area contributed by atoms with Crippen molar-refractivity contribution in [2.24, 2.45) is 5.73 Å². The minimum Gasteiger partial charge on any atom is -0.378 e. The van der Waals surface area contributed by atoms with Crippen molar-refractivity contribution >= 4 is 5.69 Å². The minimum absolute atomic E-state index is 0.0551. The second-order valence-corrected chi connectivity index (χ2v) is 5.51. The zero-order valence-electron chi connectivity index (χ0n) is 12.2. The molecule has 0 aliphatic carbocycles. The van der Waals surface area contributed by atoms with Gasteiger partial charge in [0.05, 0.1) is 13.2 Å². The van der Waals surface area contributed by atoms with Gasteiger partial charge in [-0.1, -0.05) is 26.0 Å². The molecule has 1 aromatic carbocycles. The molecule has 2 rings (SSSR count). The number of rotatable bonds is 5. The summed E-state index contributed by atoms with van der Waals surface area (Å²) >= 11 is 0. The summed E-state index contributed by atoms with van der Waals surface area (Å²) in [5, 5.41) is 0. The van der Waals surface area contributed by atoms with Crippen molar-refractivity contribution < 1.29 is 4.74 Å². The van der Waals surface area contributed by atoms with Crippen LogP contribution >= 0.6 is 0 Å². The molecule has 3 nitrogen and oxygen atoms in total. The topological polar surface area (TPSA) is 38.5 Å². The van der Waals surface area contributed by atoms with Crippen molar-refractivity contribution in [1.29, 1.82) is 0 Å². The van der Waals surface area contributed by atoms with E-state index in [9.17, 15) is 0 Å². The molecule has 19 heavy (non-hydrogen) atoms. The Morgan fingerprint density at radius 2 is 1.68 bits per heavy atom. The van der Waals surface area contributed by atoms with E-state index in [1.807, 2.05) is 0 Å². The van der Waals surface area contributed by atoms with Crippen molar-refractivity contribution in [3.05, 3.63) is 29.8 Å². The van der Waals surface area contributed by atoms with Gasteiger partial charge in [-0.25, -0.2) is 0 Å². The van der Waals surface area contributed by atoms with Crippen LogP contribution in [0.5, 0.6) is 0 Å². The van der Waals surface area contributed by atoms with E-state index < -0.39 is 0 Å². The molecule has 1 aromatic rings. The van der Waals surface area contributed by atoms with Crippen molar-refractivity contribution in [1.82, 2.24) is 0 Å². The predicted molar refractivity (Wildman–Crippen MR) is 80.7 cm³/mol. The highest BCUT2D eigenvalue weighted by molar-refractivity contribution is 5.48. The molecule has 2 N–H and O–H groups in total. The Hall–Kier alpha value is -1.06. The van der Waals surface area contributed by atoms with Gasteiger partial charge in [0.1, 0.15) is 0 Å². The van der Waals surface area contributed by atoms with Crippen LogP contribution in [0, 0.1) is 0 Å². The number of morpholine rings is 1. The van der Waals surface area contributed by atoms with E-state index in [0.29, 0.717) is 0 Å². The third kappa shape index (κ3) is 3.71. The molecule has 0 amide bonds. The first-order chi connectivity index (χ1) is 9.17. The van der Waals surface area contributed by atoms with Gasteiger partial charge < -0.3 is 15.4 Å². The highest BCUT2D eigenvalue weighted by Crippen LogP contribution is 2.21. The second kappa shape index (κ2) is 6.40. The summed E-state index contributed by atoms with van der Waals surface area (Å²) in [6.07, 6.45) is 3.01. The molecule has 0 unspecified atom stereocenters. The Kier molecular flexibility index (Phi) is 4.83. The lowest BCUT2D eigenvalue weighted by Crippen LogP contribution is -2.40. The quantitative estimate of drug-likeness (QED) is 0.886. The Balaban J connectivity index is 2.01. The average Bonchev–Trinajstić information content (AvgIpc) is 2.49. The van der Waals surface area contributed by atoms with E-state index in [4.69, 9.17) is 10.5 Å². The first kappa shape index (κ1) is 14.4. The van der Waals surface area contributed by atoms with E-state index in [1.54, 1.807) is 0 Å². The van der Waals surface area contributed by atoms with Crippen LogP contribution in [0.1, 0.15) is 32.3 Å². The molecule has 3 heteroatoms. The maximum Gasteiger partial charge on any atom is 0.0642 e. The van der Waals surface area contributed by atoms with Crippen LogP contribution in [0.15, 0.2) is 24.3 Å². The molecule has 0 bridgehead atoms. The Morgan fingerprint density at radius 3 is 2.21 bits per heavy atom. The number of hydrogen-bond acceptors (Lipinski definition) is 3. The molecule has 1 saturated heterocycles. The lowest BCUT2D eigenvalue weighted by atomic mass is 9.87. The fraction of sp³-hybridized carbons (Fsp3) is 0.625. The molecular weight excluding hydrogens is 236 g/mol. The molecule has 1 heterocycles. The number of benzene rings is 1. The van der Waals surface area contributed by atoms with Crippen molar-refractivity contribution in [2.45, 2.75) is 38.6 Å². The molecule has 0 saturated carbocycles. The summed E-state index contributed by atoms with van der Waals surface area (Å²) in [4.78, 5) is 2.38. The van der Waals surface area contributed by atoms with Crippen molar-refractivity contribution in [3.63, 3.8) is 0 Å². The molecule has 0 aromatic heterocycles. The van der Waals surface area contributed by atoms with Gasteiger partial charge in [-0.05, 0) is 37.0 Å². The predicted octanol–water partition coefficient (Wildman–Crippen LogP) is 2.58. The highest BCUT2D eigenvalue weighted by atomic mass is 16.5. The summed E-state index contributed by atoms with van der Waals surface area (Å²) in [6, 6.07) is 8.87. The number of nitrogens with two attached hydrogens (primary N) is 1. The van der Waals surface area contributed by atoms with Crippen LogP contribution < -0.4 is 10.6 Å². The standard InChI is InChI=1S/C16H26N2O/c1-3-16(17,4-2)13-14-5-7-15(8-6-14)18-9-11-19-12-10-18/h5-8H,3-4,9-13,17H2,1-2H3. The monoisotopic (exact) mass is 262 g/mol. The van der Waals surface area contributed by atoms with Crippen molar-refractivity contribution in [3.8, 4) is 0 Å². The van der Waals surface area contributed by atoms with Crippen molar-refractivity contribution in [2.75, 3.05) is 31.2 Å². The number of nitrogens with zero attached hydrogens (tertiary/aromatic N) is 1. The smallest absolute Gasteiger partial charge is 0.0642 e. The molecule has 1 fully saturated rings. The summed E-state index contributed by atoms with van der Waals surface area (Å²) in [5.74, 6) is 0. The number of hydrogen-bond donors (Lipinski definition) is 1. The van der Waals surface area contributed by atoms with Gasteiger partial charge in [0, 0.05) is 24.3 Å². The molecule has 1 aliphatic heterocycles. The van der Waals surface area contributed by atoms with Crippen LogP contribution in [-0.2, 0) is 11.2 Å². The lowest BCUT2D eigenvalue weighted by Gasteiger charge is -2.30. The van der Waals surface area contributed by atoms with Gasteiger partial charge >= 0.3 is 0 Å². The average molecular weight is 262 g/mol. The van der Waals surface area contributed by atoms with E-state index >= 15 is 0 Å². The first-order valence-electron chi connectivity index (χ1n) is 7.37. The molecule has 106 valence electrons. The maximum atomic E-state index is 6.38. The number of anilines is 1. The Morgan fingerprint density at radius 1 is 1.11 bits per heavy atom. The maximum absolute atomic E-state index is 6.38. The lowest BCUT2D eigenvalue weighted by molar-refractivity contribution is 0.122. The van der Waals surface area contributed by atoms with Gasteiger partial charge in [-0.15, -0.1) is 0 Å². The van der Waals surface area contributed by atoms with Crippen LogP contribution in [0.2, 0.25) is 0 Å². The van der Waals surface area contributed by atoms with Crippen LogP contribution in [-0.4, -0.2) is 31.8 Å². The number of ether oxygens (including phenoxy) is 1. The summed E-state index contributed by atoms with van der Waals surface area (Å²) in [5.41, 5.74) is 8.96. The summed E-state index contributed by atoms with van der Waals surface area (Å²) in [6.45, 7) is 7.99. The zero-order valence-corrected chi connectivity index (χ0v) is 12.2. The van der Waals surface area contributed by atoms with Gasteiger partial charge in [-0.2, -0.15) is 0 Å². The molecule has 0 atom stereocenters. The van der Waals surface area contributed by atoms with E-state index in [0.717, 1.165) is 45.6 Å². The van der Waals surface area contributed by atoms with E-state index in [1.165, 1.54) is 11.3 Å². The normalized spacial score (nSPS) is 16.7. The molecular formula is C16H26N2O. The summed E-state index contributed by atoms with van der Waals surface area (Å²) in [7, 11) is 0. The highest BCUT2D eigenvalue weighted by Gasteiger charge is 2.20. The summed E-state index contributed by atoms with van der Waals surface area (Å²) < 4.78 is 5.38. The largest absolute Gasteiger partial charge is 0.378 e. The molecule has 0 spiro atoms. The fourth-order valence-corrected chi connectivity index (χ4v) is 2.55. The van der Waals surface area contributed by atoms with Gasteiger partial charge in [-0.3, -0.25) is 0 Å². The Labute approximate surface area is 116 Å².